The second kappa shape index (κ2) is 6.60. The van der Waals surface area contributed by atoms with Crippen molar-refractivity contribution in [3.05, 3.63) is 23.8 Å². The summed E-state index contributed by atoms with van der Waals surface area (Å²) in [5.74, 6) is 0.303. The number of benzene rings is 1. The van der Waals surface area contributed by atoms with E-state index in [0.717, 1.165) is 48.5 Å². The molecule has 1 aliphatic heterocycles. The number of ether oxygens (including phenoxy) is 1. The summed E-state index contributed by atoms with van der Waals surface area (Å²) in [6.07, 6.45) is 4.07. The van der Waals surface area contributed by atoms with Gasteiger partial charge >= 0.3 is 5.97 Å². The van der Waals surface area contributed by atoms with E-state index in [4.69, 9.17) is 4.74 Å². The highest BCUT2D eigenvalue weighted by Gasteiger charge is 2.28. The fourth-order valence-electron chi connectivity index (χ4n) is 3.30. The molecule has 0 atom stereocenters. The molecule has 1 aliphatic carbocycles. The first-order chi connectivity index (χ1) is 11.0. The summed E-state index contributed by atoms with van der Waals surface area (Å²) in [5, 5.41) is 3.10. The number of hydrogen-bond donors (Lipinski definition) is 1. The minimum absolute atomic E-state index is 0.00852. The molecule has 23 heavy (non-hydrogen) atoms. The summed E-state index contributed by atoms with van der Waals surface area (Å²) in [5.41, 5.74) is 2.76. The highest BCUT2D eigenvalue weighted by atomic mass is 16.5. The molecule has 1 amide bonds. The van der Waals surface area contributed by atoms with E-state index < -0.39 is 0 Å². The maximum Gasteiger partial charge on any atom is 0.326 e. The molecular formula is C18H24N2O3. The lowest BCUT2D eigenvalue weighted by molar-refractivity contribution is -0.149. The van der Waals surface area contributed by atoms with Gasteiger partial charge < -0.3 is 10.1 Å². The summed E-state index contributed by atoms with van der Waals surface area (Å²) in [6, 6.07) is 5.81. The maximum absolute atomic E-state index is 12.2. The van der Waals surface area contributed by atoms with Crippen molar-refractivity contribution < 1.29 is 14.3 Å². The van der Waals surface area contributed by atoms with Crippen LogP contribution in [0, 0.1) is 12.8 Å². The SMILES string of the molecule is Cc1ccc2c(c1)NCC(=O)N2CC(=O)OC1CCC(C)CC1. The van der Waals surface area contributed by atoms with Crippen LogP contribution in [0.4, 0.5) is 11.4 Å². The second-order valence-electron chi connectivity index (χ2n) is 6.73. The van der Waals surface area contributed by atoms with Gasteiger partial charge in [0.05, 0.1) is 17.9 Å². The number of aryl methyl sites for hydroxylation is 1. The van der Waals surface area contributed by atoms with Crippen LogP contribution in [0.1, 0.15) is 38.2 Å². The van der Waals surface area contributed by atoms with Gasteiger partial charge in [-0.15, -0.1) is 0 Å². The average Bonchev–Trinajstić information content (AvgIpc) is 2.52. The molecule has 124 valence electrons. The Labute approximate surface area is 137 Å². The fourth-order valence-corrected chi connectivity index (χ4v) is 3.30. The Morgan fingerprint density at radius 1 is 1.30 bits per heavy atom. The first kappa shape index (κ1) is 15.8. The third-order valence-corrected chi connectivity index (χ3v) is 4.72. The number of esters is 1. The Kier molecular flexibility index (Phi) is 4.55. The van der Waals surface area contributed by atoms with Crippen molar-refractivity contribution in [2.75, 3.05) is 23.3 Å². The number of nitrogens with one attached hydrogen (secondary N) is 1. The molecule has 0 bridgehead atoms. The molecule has 1 aromatic rings. The normalized spacial score (nSPS) is 23.9. The first-order valence-corrected chi connectivity index (χ1v) is 8.37. The molecule has 1 N–H and O–H groups in total. The Bertz CT molecular complexity index is 606. The third kappa shape index (κ3) is 3.66. The van der Waals surface area contributed by atoms with Gasteiger partial charge in [0.1, 0.15) is 12.6 Å². The van der Waals surface area contributed by atoms with E-state index in [2.05, 4.69) is 12.2 Å². The molecule has 2 aliphatic rings. The summed E-state index contributed by atoms with van der Waals surface area (Å²) >= 11 is 0. The van der Waals surface area contributed by atoms with Gasteiger partial charge in [-0.1, -0.05) is 13.0 Å². The number of amides is 1. The molecule has 0 aromatic heterocycles. The molecule has 0 spiro atoms. The molecule has 1 heterocycles. The summed E-state index contributed by atoms with van der Waals surface area (Å²) < 4.78 is 5.58. The summed E-state index contributed by atoms with van der Waals surface area (Å²) in [7, 11) is 0. The van der Waals surface area contributed by atoms with E-state index in [0.29, 0.717) is 0 Å². The second-order valence-corrected chi connectivity index (χ2v) is 6.73. The average molecular weight is 316 g/mol. The molecule has 0 unspecified atom stereocenters. The number of hydrogen-bond acceptors (Lipinski definition) is 4. The van der Waals surface area contributed by atoms with Crippen LogP contribution in [0.2, 0.25) is 0 Å². The van der Waals surface area contributed by atoms with Crippen LogP contribution in [0.15, 0.2) is 18.2 Å². The van der Waals surface area contributed by atoms with Crippen LogP contribution in [-0.2, 0) is 14.3 Å². The third-order valence-electron chi connectivity index (χ3n) is 4.72. The lowest BCUT2D eigenvalue weighted by atomic mass is 9.89. The van der Waals surface area contributed by atoms with Gasteiger partial charge in [-0.3, -0.25) is 14.5 Å². The standard InChI is InChI=1S/C18H24N2O3/c1-12-3-6-14(7-4-12)23-18(22)11-20-16-8-5-13(2)9-15(16)19-10-17(20)21/h5,8-9,12,14,19H,3-4,6-7,10-11H2,1-2H3. The quantitative estimate of drug-likeness (QED) is 0.871. The molecule has 1 saturated carbocycles. The van der Waals surface area contributed by atoms with Crippen LogP contribution in [0.5, 0.6) is 0 Å². The predicted molar refractivity (Wildman–Crippen MR) is 89.5 cm³/mol. The number of rotatable bonds is 3. The molecule has 0 saturated heterocycles. The van der Waals surface area contributed by atoms with Crippen molar-refractivity contribution in [2.24, 2.45) is 5.92 Å². The molecule has 1 aromatic carbocycles. The van der Waals surface area contributed by atoms with E-state index in [1.54, 1.807) is 0 Å². The fraction of sp³-hybridized carbons (Fsp3) is 0.556. The zero-order chi connectivity index (χ0) is 16.4. The van der Waals surface area contributed by atoms with Crippen molar-refractivity contribution in [3.63, 3.8) is 0 Å². The van der Waals surface area contributed by atoms with Crippen LogP contribution in [0.25, 0.3) is 0 Å². The Hall–Kier alpha value is -2.04. The van der Waals surface area contributed by atoms with Gasteiger partial charge in [-0.05, 0) is 56.2 Å². The monoisotopic (exact) mass is 316 g/mol. The number of anilines is 2. The van der Waals surface area contributed by atoms with Gasteiger partial charge in [-0.25, -0.2) is 0 Å². The molecule has 3 rings (SSSR count). The number of carbonyl (C=O) groups excluding carboxylic acids is 2. The lowest BCUT2D eigenvalue weighted by Crippen LogP contribution is -2.44. The predicted octanol–water partition coefficient (Wildman–Crippen LogP) is 2.88. The van der Waals surface area contributed by atoms with E-state index in [9.17, 15) is 9.59 Å². The zero-order valence-corrected chi connectivity index (χ0v) is 13.8. The largest absolute Gasteiger partial charge is 0.461 e. The Morgan fingerprint density at radius 3 is 2.78 bits per heavy atom. The zero-order valence-electron chi connectivity index (χ0n) is 13.8. The number of fused-ring (bicyclic) bond motifs is 1. The minimum Gasteiger partial charge on any atom is -0.461 e. The van der Waals surface area contributed by atoms with Crippen molar-refractivity contribution in [1.29, 1.82) is 0 Å². The smallest absolute Gasteiger partial charge is 0.326 e. The highest BCUT2D eigenvalue weighted by molar-refractivity contribution is 6.05. The van der Waals surface area contributed by atoms with Gasteiger partial charge in [-0.2, -0.15) is 0 Å². The van der Waals surface area contributed by atoms with Gasteiger partial charge in [0.2, 0.25) is 5.91 Å². The Balaban J connectivity index is 1.65. The van der Waals surface area contributed by atoms with Crippen molar-refractivity contribution >= 4 is 23.3 Å². The van der Waals surface area contributed by atoms with Crippen LogP contribution in [0.3, 0.4) is 0 Å². The van der Waals surface area contributed by atoms with Crippen molar-refractivity contribution in [2.45, 2.75) is 45.6 Å². The van der Waals surface area contributed by atoms with E-state index in [-0.39, 0.29) is 31.1 Å². The number of carbonyl (C=O) groups is 2. The molecule has 5 nitrogen and oxygen atoms in total. The number of nitrogens with zero attached hydrogens (tertiary/aromatic N) is 1. The molecule has 1 fully saturated rings. The van der Waals surface area contributed by atoms with E-state index in [1.807, 2.05) is 25.1 Å². The summed E-state index contributed by atoms with van der Waals surface area (Å²) in [6.45, 7) is 4.44. The van der Waals surface area contributed by atoms with Gasteiger partial charge in [0.25, 0.3) is 0 Å². The molecular weight excluding hydrogens is 292 g/mol. The molecule has 5 heteroatoms. The van der Waals surface area contributed by atoms with Crippen molar-refractivity contribution in [1.82, 2.24) is 0 Å². The van der Waals surface area contributed by atoms with E-state index in [1.165, 1.54) is 4.90 Å². The van der Waals surface area contributed by atoms with Crippen molar-refractivity contribution in [3.8, 4) is 0 Å². The van der Waals surface area contributed by atoms with Gasteiger partial charge in [0.15, 0.2) is 0 Å². The van der Waals surface area contributed by atoms with E-state index >= 15 is 0 Å². The summed E-state index contributed by atoms with van der Waals surface area (Å²) in [4.78, 5) is 25.9. The highest BCUT2D eigenvalue weighted by Crippen LogP contribution is 2.30. The van der Waals surface area contributed by atoms with Gasteiger partial charge in [0, 0.05) is 0 Å². The lowest BCUT2D eigenvalue weighted by Gasteiger charge is -2.31. The van der Waals surface area contributed by atoms with Crippen LogP contribution >= 0.6 is 0 Å². The first-order valence-electron chi connectivity index (χ1n) is 8.37. The minimum atomic E-state index is -0.314. The van der Waals surface area contributed by atoms with Crippen LogP contribution < -0.4 is 10.2 Å². The Morgan fingerprint density at radius 2 is 2.04 bits per heavy atom. The van der Waals surface area contributed by atoms with Crippen LogP contribution in [-0.4, -0.2) is 31.1 Å². The molecule has 0 radical (unpaired) electrons. The maximum atomic E-state index is 12.2. The topological polar surface area (TPSA) is 58.6 Å².